The van der Waals surface area contributed by atoms with Gasteiger partial charge in [0.25, 0.3) is 0 Å². The SMILES string of the molecule is CC(C)CC(NC(=O)C(NC(=O)C(N)Cc1ccc(O)cc1)C(C)C)C(=O)NC(CCC(=O)O)C(=O)O. The Kier molecular flexibility index (Phi) is 12.5. The molecule has 37 heavy (non-hydrogen) atoms. The summed E-state index contributed by atoms with van der Waals surface area (Å²) in [5.74, 6) is -4.91. The van der Waals surface area contributed by atoms with Crippen LogP contribution in [0.2, 0.25) is 0 Å². The first kappa shape index (κ1) is 31.4. The molecule has 206 valence electrons. The topological polar surface area (TPSA) is 208 Å². The highest BCUT2D eigenvalue weighted by molar-refractivity contribution is 5.94. The Morgan fingerprint density at radius 2 is 1.41 bits per heavy atom. The van der Waals surface area contributed by atoms with Gasteiger partial charge in [-0.25, -0.2) is 4.79 Å². The second-order valence-electron chi connectivity index (χ2n) is 9.73. The number of benzene rings is 1. The van der Waals surface area contributed by atoms with E-state index in [0.29, 0.717) is 0 Å². The maximum Gasteiger partial charge on any atom is 0.326 e. The van der Waals surface area contributed by atoms with Crippen molar-refractivity contribution >= 4 is 29.7 Å². The highest BCUT2D eigenvalue weighted by Gasteiger charge is 2.32. The minimum Gasteiger partial charge on any atom is -0.508 e. The summed E-state index contributed by atoms with van der Waals surface area (Å²) in [4.78, 5) is 61.0. The van der Waals surface area contributed by atoms with Crippen molar-refractivity contribution in [3.8, 4) is 5.75 Å². The fourth-order valence-corrected chi connectivity index (χ4v) is 3.54. The predicted octanol–water partition coefficient (Wildman–Crippen LogP) is 0.368. The number of nitrogens with two attached hydrogens (primary N) is 1. The monoisotopic (exact) mass is 522 g/mol. The third kappa shape index (κ3) is 11.3. The zero-order chi connectivity index (χ0) is 28.3. The highest BCUT2D eigenvalue weighted by Crippen LogP contribution is 2.12. The van der Waals surface area contributed by atoms with Crippen molar-refractivity contribution in [2.24, 2.45) is 17.6 Å². The van der Waals surface area contributed by atoms with Crippen LogP contribution in [-0.2, 0) is 30.4 Å². The van der Waals surface area contributed by atoms with E-state index >= 15 is 0 Å². The number of carbonyl (C=O) groups excluding carboxylic acids is 3. The molecule has 0 aromatic heterocycles. The second kappa shape index (κ2) is 14.8. The third-order valence-corrected chi connectivity index (χ3v) is 5.58. The van der Waals surface area contributed by atoms with Crippen LogP contribution in [0.3, 0.4) is 0 Å². The molecule has 3 amide bonds. The molecule has 8 N–H and O–H groups in total. The van der Waals surface area contributed by atoms with Crippen molar-refractivity contribution < 1.29 is 39.3 Å². The number of nitrogens with one attached hydrogen (secondary N) is 3. The Labute approximate surface area is 216 Å². The number of phenols is 1. The first-order valence-electron chi connectivity index (χ1n) is 12.1. The van der Waals surface area contributed by atoms with Crippen LogP contribution in [0.25, 0.3) is 0 Å². The number of phenolic OH excluding ortho intramolecular Hbond substituents is 1. The van der Waals surface area contributed by atoms with Crippen LogP contribution in [-0.4, -0.2) is 69.1 Å². The van der Waals surface area contributed by atoms with Gasteiger partial charge in [-0.05, 0) is 48.8 Å². The second-order valence-corrected chi connectivity index (χ2v) is 9.73. The minimum absolute atomic E-state index is 0.0517. The largest absolute Gasteiger partial charge is 0.508 e. The van der Waals surface area contributed by atoms with E-state index < -0.39 is 60.2 Å². The summed E-state index contributed by atoms with van der Waals surface area (Å²) in [7, 11) is 0. The summed E-state index contributed by atoms with van der Waals surface area (Å²) < 4.78 is 0. The number of amides is 3. The Hall–Kier alpha value is -3.67. The van der Waals surface area contributed by atoms with Crippen molar-refractivity contribution in [1.29, 1.82) is 0 Å². The van der Waals surface area contributed by atoms with E-state index in [1.54, 1.807) is 26.0 Å². The van der Waals surface area contributed by atoms with Crippen LogP contribution < -0.4 is 21.7 Å². The van der Waals surface area contributed by atoms with Crippen LogP contribution >= 0.6 is 0 Å². The van der Waals surface area contributed by atoms with Crippen LogP contribution in [0.5, 0.6) is 5.75 Å². The lowest BCUT2D eigenvalue weighted by atomic mass is 9.98. The summed E-state index contributed by atoms with van der Waals surface area (Å²) in [5, 5.41) is 35.1. The number of carboxylic acid groups (broad SMARTS) is 2. The molecule has 1 rings (SSSR count). The molecule has 0 saturated heterocycles. The van der Waals surface area contributed by atoms with E-state index in [4.69, 9.17) is 10.8 Å². The molecular weight excluding hydrogens is 484 g/mol. The van der Waals surface area contributed by atoms with Gasteiger partial charge in [-0.2, -0.15) is 0 Å². The van der Waals surface area contributed by atoms with E-state index in [-0.39, 0.29) is 36.8 Å². The van der Waals surface area contributed by atoms with Crippen LogP contribution in [0.15, 0.2) is 24.3 Å². The van der Waals surface area contributed by atoms with Gasteiger partial charge >= 0.3 is 11.9 Å². The van der Waals surface area contributed by atoms with E-state index in [1.807, 2.05) is 13.8 Å². The van der Waals surface area contributed by atoms with Crippen LogP contribution in [0, 0.1) is 11.8 Å². The van der Waals surface area contributed by atoms with Crippen molar-refractivity contribution in [2.75, 3.05) is 0 Å². The molecule has 0 saturated carbocycles. The normalized spacial score (nSPS) is 14.4. The Bertz CT molecular complexity index is 949. The van der Waals surface area contributed by atoms with Gasteiger partial charge in [-0.15, -0.1) is 0 Å². The average molecular weight is 523 g/mol. The van der Waals surface area contributed by atoms with Crippen molar-refractivity contribution in [3.05, 3.63) is 29.8 Å². The standard InChI is InChI=1S/C25H38N4O8/c1-13(2)11-19(23(34)27-18(25(36)37)9-10-20(31)32)28-24(35)21(14(3)4)29-22(33)17(26)12-15-5-7-16(30)8-6-15/h5-8,13-14,17-19,21,30H,9-12,26H2,1-4H3,(H,27,34)(H,28,35)(H,29,33)(H,31,32)(H,36,37). The van der Waals surface area contributed by atoms with E-state index in [1.165, 1.54) is 12.1 Å². The molecule has 0 aliphatic heterocycles. The smallest absolute Gasteiger partial charge is 0.326 e. The fraction of sp³-hybridized carbons (Fsp3) is 0.560. The van der Waals surface area contributed by atoms with Gasteiger partial charge in [0.15, 0.2) is 0 Å². The molecule has 4 atom stereocenters. The molecule has 0 aliphatic rings. The molecule has 0 heterocycles. The number of aliphatic carboxylic acids is 2. The molecule has 0 fully saturated rings. The van der Waals surface area contributed by atoms with Crippen LogP contribution in [0.1, 0.15) is 52.5 Å². The summed E-state index contributed by atoms with van der Waals surface area (Å²) in [6.45, 7) is 7.05. The van der Waals surface area contributed by atoms with Gasteiger partial charge in [-0.3, -0.25) is 19.2 Å². The summed E-state index contributed by atoms with van der Waals surface area (Å²) >= 11 is 0. The minimum atomic E-state index is -1.44. The fourth-order valence-electron chi connectivity index (χ4n) is 3.54. The number of hydrogen-bond acceptors (Lipinski definition) is 7. The van der Waals surface area contributed by atoms with Crippen molar-refractivity contribution in [1.82, 2.24) is 16.0 Å². The van der Waals surface area contributed by atoms with E-state index in [2.05, 4.69) is 16.0 Å². The predicted molar refractivity (Wildman–Crippen MR) is 134 cm³/mol. The zero-order valence-corrected chi connectivity index (χ0v) is 21.6. The third-order valence-electron chi connectivity index (χ3n) is 5.58. The first-order chi connectivity index (χ1) is 17.2. The molecule has 0 aliphatic carbocycles. The van der Waals surface area contributed by atoms with Gasteiger partial charge in [0.2, 0.25) is 17.7 Å². The van der Waals surface area contributed by atoms with Crippen molar-refractivity contribution in [2.45, 2.75) is 77.5 Å². The number of hydrogen-bond donors (Lipinski definition) is 7. The molecule has 12 nitrogen and oxygen atoms in total. The van der Waals surface area contributed by atoms with Crippen molar-refractivity contribution in [3.63, 3.8) is 0 Å². The Balaban J connectivity index is 2.92. The van der Waals surface area contributed by atoms with Crippen LogP contribution in [0.4, 0.5) is 0 Å². The molecule has 0 radical (unpaired) electrons. The van der Waals surface area contributed by atoms with E-state index in [9.17, 15) is 34.2 Å². The number of carboxylic acids is 2. The highest BCUT2D eigenvalue weighted by atomic mass is 16.4. The summed E-state index contributed by atoms with van der Waals surface area (Å²) in [6, 6.07) is 1.66. The number of carbonyl (C=O) groups is 5. The maximum atomic E-state index is 13.1. The molecule has 4 unspecified atom stereocenters. The van der Waals surface area contributed by atoms with Gasteiger partial charge in [0.1, 0.15) is 23.9 Å². The Morgan fingerprint density at radius 1 is 0.838 bits per heavy atom. The van der Waals surface area contributed by atoms with Gasteiger partial charge < -0.3 is 37.0 Å². The Morgan fingerprint density at radius 3 is 1.89 bits per heavy atom. The van der Waals surface area contributed by atoms with Gasteiger partial charge in [0.05, 0.1) is 6.04 Å². The summed E-state index contributed by atoms with van der Waals surface area (Å²) in [5.41, 5.74) is 6.73. The average Bonchev–Trinajstić information content (AvgIpc) is 2.79. The maximum absolute atomic E-state index is 13.1. The number of aromatic hydroxyl groups is 1. The lowest BCUT2D eigenvalue weighted by molar-refractivity contribution is -0.143. The van der Waals surface area contributed by atoms with Gasteiger partial charge in [0, 0.05) is 6.42 Å². The quantitative estimate of drug-likeness (QED) is 0.169. The zero-order valence-electron chi connectivity index (χ0n) is 21.6. The molecule has 12 heteroatoms. The van der Waals surface area contributed by atoms with E-state index in [0.717, 1.165) is 5.56 Å². The molecular formula is C25H38N4O8. The lowest BCUT2D eigenvalue weighted by Gasteiger charge is -2.27. The number of rotatable bonds is 15. The first-order valence-corrected chi connectivity index (χ1v) is 12.1. The lowest BCUT2D eigenvalue weighted by Crippen LogP contribution is -2.58. The van der Waals surface area contributed by atoms with Gasteiger partial charge in [-0.1, -0.05) is 39.8 Å². The molecule has 1 aromatic rings. The molecule has 0 bridgehead atoms. The molecule has 1 aromatic carbocycles. The summed E-state index contributed by atoms with van der Waals surface area (Å²) in [6.07, 6.45) is -0.418. The molecule has 0 spiro atoms.